The Bertz CT molecular complexity index is 339. The molecule has 4 nitrogen and oxygen atoms in total. The number of rotatable bonds is 4. The summed E-state index contributed by atoms with van der Waals surface area (Å²) in [5.41, 5.74) is 13.2. The fourth-order valence-electron chi connectivity index (χ4n) is 1.37. The van der Waals surface area contributed by atoms with Gasteiger partial charge in [0.25, 0.3) is 0 Å². The summed E-state index contributed by atoms with van der Waals surface area (Å²) in [5, 5.41) is 0. The van der Waals surface area contributed by atoms with E-state index < -0.39 is 12.0 Å². The third-order valence-electron chi connectivity index (χ3n) is 2.19. The van der Waals surface area contributed by atoms with Crippen molar-refractivity contribution in [1.82, 2.24) is 0 Å². The Balaban J connectivity index is 2.67. The fourth-order valence-corrected chi connectivity index (χ4v) is 1.37. The van der Waals surface area contributed by atoms with E-state index in [0.717, 1.165) is 11.1 Å². The molecule has 0 aliphatic carbocycles. The molecule has 1 aromatic carbocycles. The monoisotopic (exact) mass is 208 g/mol. The minimum absolute atomic E-state index is 0.395. The maximum atomic E-state index is 11.1. The van der Waals surface area contributed by atoms with Crippen LogP contribution in [-0.2, 0) is 22.5 Å². The van der Waals surface area contributed by atoms with Crippen molar-refractivity contribution in [1.29, 1.82) is 0 Å². The zero-order chi connectivity index (χ0) is 11.3. The van der Waals surface area contributed by atoms with E-state index in [1.54, 1.807) is 0 Å². The van der Waals surface area contributed by atoms with Crippen molar-refractivity contribution in [3.05, 3.63) is 35.4 Å². The van der Waals surface area contributed by atoms with Crippen molar-refractivity contribution in [2.24, 2.45) is 11.5 Å². The van der Waals surface area contributed by atoms with Crippen LogP contribution in [0.3, 0.4) is 0 Å². The average molecular weight is 208 g/mol. The number of ether oxygens (including phenoxy) is 1. The summed E-state index contributed by atoms with van der Waals surface area (Å²) < 4.78 is 4.55. The first-order chi connectivity index (χ1) is 7.17. The van der Waals surface area contributed by atoms with Crippen LogP contribution in [0.25, 0.3) is 0 Å². The molecular formula is C11H16N2O2. The molecule has 15 heavy (non-hydrogen) atoms. The second kappa shape index (κ2) is 5.48. The SMILES string of the molecule is COC(=O)C(N)Cc1cccc(CN)c1. The second-order valence-electron chi connectivity index (χ2n) is 3.36. The molecule has 1 aromatic rings. The van der Waals surface area contributed by atoms with Gasteiger partial charge in [-0.1, -0.05) is 24.3 Å². The summed E-state index contributed by atoms with van der Waals surface area (Å²) in [6.07, 6.45) is 0.473. The molecule has 0 spiro atoms. The minimum atomic E-state index is -0.608. The third kappa shape index (κ3) is 3.34. The molecule has 4 heteroatoms. The number of hydrogen-bond donors (Lipinski definition) is 2. The van der Waals surface area contributed by atoms with Gasteiger partial charge in [0.1, 0.15) is 6.04 Å². The summed E-state index contributed by atoms with van der Waals surface area (Å²) in [4.78, 5) is 11.1. The van der Waals surface area contributed by atoms with Crippen molar-refractivity contribution in [3.8, 4) is 0 Å². The van der Waals surface area contributed by atoms with E-state index in [1.165, 1.54) is 7.11 Å². The van der Waals surface area contributed by atoms with Gasteiger partial charge in [-0.05, 0) is 17.5 Å². The largest absolute Gasteiger partial charge is 0.468 e. The predicted molar refractivity (Wildman–Crippen MR) is 58.0 cm³/mol. The van der Waals surface area contributed by atoms with Gasteiger partial charge in [0.2, 0.25) is 0 Å². The molecule has 1 rings (SSSR count). The van der Waals surface area contributed by atoms with Crippen LogP contribution in [0.15, 0.2) is 24.3 Å². The van der Waals surface area contributed by atoms with Gasteiger partial charge >= 0.3 is 5.97 Å². The molecule has 4 N–H and O–H groups in total. The number of esters is 1. The average Bonchev–Trinajstić information content (AvgIpc) is 2.28. The van der Waals surface area contributed by atoms with Gasteiger partial charge in [0.15, 0.2) is 0 Å². The topological polar surface area (TPSA) is 78.3 Å². The molecule has 0 saturated heterocycles. The van der Waals surface area contributed by atoms with Crippen molar-refractivity contribution in [3.63, 3.8) is 0 Å². The highest BCUT2D eigenvalue weighted by molar-refractivity contribution is 5.75. The Morgan fingerprint density at radius 3 is 2.73 bits per heavy atom. The van der Waals surface area contributed by atoms with E-state index >= 15 is 0 Å². The zero-order valence-electron chi connectivity index (χ0n) is 8.77. The molecule has 82 valence electrons. The van der Waals surface area contributed by atoms with Gasteiger partial charge in [-0.2, -0.15) is 0 Å². The van der Waals surface area contributed by atoms with Crippen LogP contribution in [0.1, 0.15) is 11.1 Å². The lowest BCUT2D eigenvalue weighted by molar-refractivity contribution is -0.142. The van der Waals surface area contributed by atoms with E-state index in [0.29, 0.717) is 13.0 Å². The Kier molecular flexibility index (Phi) is 4.27. The number of carbonyl (C=O) groups excluding carboxylic acids is 1. The number of benzene rings is 1. The van der Waals surface area contributed by atoms with Crippen LogP contribution in [0.2, 0.25) is 0 Å². The molecule has 0 aliphatic rings. The third-order valence-corrected chi connectivity index (χ3v) is 2.19. The first-order valence-electron chi connectivity index (χ1n) is 4.78. The number of nitrogens with two attached hydrogens (primary N) is 2. The normalized spacial score (nSPS) is 12.2. The molecule has 0 bridgehead atoms. The molecule has 0 aromatic heterocycles. The van der Waals surface area contributed by atoms with E-state index in [2.05, 4.69) is 4.74 Å². The van der Waals surface area contributed by atoms with Gasteiger partial charge in [-0.15, -0.1) is 0 Å². The van der Waals surface area contributed by atoms with Gasteiger partial charge in [-0.25, -0.2) is 0 Å². The van der Waals surface area contributed by atoms with Gasteiger partial charge in [0.05, 0.1) is 7.11 Å². The first-order valence-corrected chi connectivity index (χ1v) is 4.78. The summed E-state index contributed by atoms with van der Waals surface area (Å²) in [6, 6.07) is 7.10. The van der Waals surface area contributed by atoms with Crippen molar-refractivity contribution < 1.29 is 9.53 Å². The molecule has 1 unspecified atom stereocenters. The second-order valence-corrected chi connectivity index (χ2v) is 3.36. The maximum Gasteiger partial charge on any atom is 0.322 e. The van der Waals surface area contributed by atoms with Gasteiger partial charge < -0.3 is 16.2 Å². The lowest BCUT2D eigenvalue weighted by Gasteiger charge is -2.09. The zero-order valence-corrected chi connectivity index (χ0v) is 8.77. The Hall–Kier alpha value is -1.39. The number of carbonyl (C=O) groups is 1. The molecule has 0 saturated carbocycles. The van der Waals surface area contributed by atoms with Crippen LogP contribution in [0.5, 0.6) is 0 Å². The molecule has 0 heterocycles. The minimum Gasteiger partial charge on any atom is -0.468 e. The maximum absolute atomic E-state index is 11.1. The molecular weight excluding hydrogens is 192 g/mol. The molecule has 1 atom stereocenters. The van der Waals surface area contributed by atoms with E-state index in [9.17, 15) is 4.79 Å². The van der Waals surface area contributed by atoms with E-state index in [4.69, 9.17) is 11.5 Å². The Labute approximate surface area is 89.2 Å². The van der Waals surface area contributed by atoms with Crippen LogP contribution in [0, 0.1) is 0 Å². The summed E-state index contributed by atoms with van der Waals surface area (Å²) in [6.45, 7) is 0.487. The van der Waals surface area contributed by atoms with Crippen LogP contribution in [0.4, 0.5) is 0 Å². The van der Waals surface area contributed by atoms with Crippen molar-refractivity contribution >= 4 is 5.97 Å². The highest BCUT2D eigenvalue weighted by Crippen LogP contribution is 2.07. The lowest BCUT2D eigenvalue weighted by atomic mass is 10.0. The highest BCUT2D eigenvalue weighted by atomic mass is 16.5. The quantitative estimate of drug-likeness (QED) is 0.692. The molecule has 0 amide bonds. The van der Waals surface area contributed by atoms with E-state index in [-0.39, 0.29) is 0 Å². The van der Waals surface area contributed by atoms with Crippen molar-refractivity contribution in [2.45, 2.75) is 19.0 Å². The van der Waals surface area contributed by atoms with E-state index in [1.807, 2.05) is 24.3 Å². The van der Waals surface area contributed by atoms with Gasteiger partial charge in [-0.3, -0.25) is 4.79 Å². The Morgan fingerprint density at radius 2 is 2.13 bits per heavy atom. The standard InChI is InChI=1S/C11H16N2O2/c1-15-11(14)10(13)6-8-3-2-4-9(5-8)7-12/h2-5,10H,6-7,12-13H2,1H3. The number of methoxy groups -OCH3 is 1. The van der Waals surface area contributed by atoms with Crippen molar-refractivity contribution in [2.75, 3.05) is 7.11 Å². The predicted octanol–water partition coefficient (Wildman–Crippen LogP) is 0.188. The van der Waals surface area contributed by atoms with Crippen LogP contribution >= 0.6 is 0 Å². The highest BCUT2D eigenvalue weighted by Gasteiger charge is 2.13. The Morgan fingerprint density at radius 1 is 1.47 bits per heavy atom. The lowest BCUT2D eigenvalue weighted by Crippen LogP contribution is -2.33. The van der Waals surface area contributed by atoms with Crippen LogP contribution in [-0.4, -0.2) is 19.1 Å². The molecule has 0 fully saturated rings. The first kappa shape index (κ1) is 11.7. The fraction of sp³-hybridized carbons (Fsp3) is 0.364. The smallest absolute Gasteiger partial charge is 0.322 e. The summed E-state index contributed by atoms with van der Waals surface area (Å²) in [5.74, 6) is -0.395. The van der Waals surface area contributed by atoms with Gasteiger partial charge in [0, 0.05) is 6.54 Å². The number of hydrogen-bond acceptors (Lipinski definition) is 4. The summed E-state index contributed by atoms with van der Waals surface area (Å²) >= 11 is 0. The molecule has 0 radical (unpaired) electrons. The molecule has 0 aliphatic heterocycles. The van der Waals surface area contributed by atoms with Crippen LogP contribution < -0.4 is 11.5 Å². The summed E-state index contributed by atoms with van der Waals surface area (Å²) in [7, 11) is 1.33.